The third-order valence-electron chi connectivity index (χ3n) is 17.8. The highest BCUT2D eigenvalue weighted by Gasteiger charge is 2.56. The number of aliphatic hydroxyl groups excluding tert-OH is 4. The summed E-state index contributed by atoms with van der Waals surface area (Å²) in [5.41, 5.74) is 0. The first-order valence-electron chi connectivity index (χ1n) is 38.3. The van der Waals surface area contributed by atoms with Crippen molar-refractivity contribution in [2.45, 2.75) is 189 Å². The molecule has 34 heteroatoms. The first-order valence-corrected chi connectivity index (χ1v) is 46.1. The van der Waals surface area contributed by atoms with Crippen LogP contribution in [0.3, 0.4) is 0 Å². The molecule has 0 radical (unpaired) electrons. The Labute approximate surface area is 622 Å². The quantitative estimate of drug-likeness (QED) is 0.0223. The van der Waals surface area contributed by atoms with E-state index in [1.165, 1.54) is 0 Å². The Kier molecular flexibility index (Phi) is 46.8. The maximum Gasteiger partial charge on any atom is 0.493 e. The van der Waals surface area contributed by atoms with Gasteiger partial charge in [0.25, 0.3) is 0 Å². The molecule has 0 saturated carbocycles. The van der Waals surface area contributed by atoms with Gasteiger partial charge in [0.15, 0.2) is 0 Å². The van der Waals surface area contributed by atoms with Gasteiger partial charge in [-0.3, -0.25) is 0 Å². The molecule has 102 heavy (non-hydrogen) atoms. The first-order chi connectivity index (χ1) is 47.9. The number of nitrogens with zero attached hydrogens (tertiary/aromatic N) is 4. The minimum atomic E-state index is -3.67. The van der Waals surface area contributed by atoms with Crippen molar-refractivity contribution in [3.05, 3.63) is 0 Å². The second-order valence-electron chi connectivity index (χ2n) is 33.0. The molecule has 3 aliphatic rings. The molecule has 3 fully saturated rings. The minimum absolute atomic E-state index is 0.101. The summed E-state index contributed by atoms with van der Waals surface area (Å²) in [5, 5.41) is 70.4. The van der Waals surface area contributed by atoms with Gasteiger partial charge in [0.1, 0.15) is 64.2 Å². The smallest absolute Gasteiger partial charge is 0.386 e. The van der Waals surface area contributed by atoms with Crippen LogP contribution in [0.2, 0.25) is 24.2 Å². The van der Waals surface area contributed by atoms with E-state index in [2.05, 4.69) is 155 Å². The fraction of sp³-hybridized carbons (Fsp3) is 1.00. The van der Waals surface area contributed by atoms with Gasteiger partial charge in [-0.1, -0.05) is 0 Å². The van der Waals surface area contributed by atoms with Crippen molar-refractivity contribution < 1.29 is 101 Å². The van der Waals surface area contributed by atoms with Gasteiger partial charge < -0.3 is 143 Å². The zero-order chi connectivity index (χ0) is 75.9. The Morgan fingerprint density at radius 2 is 0.510 bits per heavy atom. The lowest BCUT2D eigenvalue weighted by molar-refractivity contribution is -0.873. The summed E-state index contributed by atoms with van der Waals surface area (Å²) in [6, 6.07) is 1.95. The highest BCUT2D eigenvalue weighted by atomic mass is 28.5. The molecule has 0 spiro atoms. The fourth-order valence-corrected chi connectivity index (χ4v) is 27.9. The normalized spacial score (nSPS) is 29.6. The zero-order valence-electron chi connectivity index (χ0n) is 67.7. The summed E-state index contributed by atoms with van der Waals surface area (Å²) in [6.45, 7) is 21.5. The van der Waals surface area contributed by atoms with Crippen LogP contribution < -0.4 is 42.5 Å². The van der Waals surface area contributed by atoms with Crippen molar-refractivity contribution in [2.75, 3.05) is 257 Å². The summed E-state index contributed by atoms with van der Waals surface area (Å²) < 4.78 is 99.0. The number of fused-ring (bicyclic) bond motifs is 4. The van der Waals surface area contributed by atoms with E-state index in [4.69, 9.17) is 62.6 Å². The van der Waals surface area contributed by atoms with E-state index in [1.54, 1.807) is 28.4 Å². The summed E-state index contributed by atoms with van der Waals surface area (Å²) in [5.74, 6) is 0. The molecule has 0 aromatic rings. The van der Waals surface area contributed by atoms with E-state index < -0.39 is 59.6 Å². The molecule has 4 bridgehead atoms. The molecule has 0 aromatic heterocycles. The summed E-state index contributed by atoms with van der Waals surface area (Å²) >= 11 is 0. The van der Waals surface area contributed by atoms with Crippen LogP contribution in [0.4, 0.5) is 0 Å². The monoisotopic (exact) mass is 1540 g/mol. The largest absolute Gasteiger partial charge is 0.493 e. The lowest BCUT2D eigenvalue weighted by Crippen LogP contribution is -2.60. The third kappa shape index (κ3) is 44.5. The van der Waals surface area contributed by atoms with Crippen LogP contribution in [0, 0.1) is 0 Å². The predicted octanol–water partition coefficient (Wildman–Crippen LogP) is 0.364. The zero-order valence-corrected chi connectivity index (χ0v) is 71.7. The maximum atomic E-state index is 10.6. The molecule has 16 unspecified atom stereocenters. The lowest BCUT2D eigenvalue weighted by atomic mass is 10.0. The number of rotatable bonds is 48. The summed E-state index contributed by atoms with van der Waals surface area (Å²) in [7, 11) is 17.0. The molecular formula is C68H156N12O18Si4+4. The average molecular weight is 1540 g/mol. The van der Waals surface area contributed by atoms with Crippen LogP contribution in [0.5, 0.6) is 0 Å². The Morgan fingerprint density at radius 1 is 0.314 bits per heavy atom. The Balaban J connectivity index is 2.01. The number of hydrogen-bond donors (Lipinski definition) is 12. The van der Waals surface area contributed by atoms with Gasteiger partial charge in [-0.25, -0.2) is 0 Å². The standard InChI is InChI=1S/C68H156N12O18Si4/c1-57-41-65-45-66(90-55-89-65)42-58(2)95-101(87-19,39-23-27-71-31-35-75-49-63(83)53-79(11,12)13)98-102(88-20,40-24-28-72-32-36-76-50-64(84)54-80(14,15)16)96-60(4)44-68-46-67(91-56-92-68)43-59(3)94-100(86-18,38-22-26-70-30-34-74-48-62(82)52-78(8,9)10)97-99(85-17,93-57)37-21-25-69-29-33-73-47-61(81)51-77(5,6)7/h57-76,81-84H,21-56H2,1-20H3/q+4. The van der Waals surface area contributed by atoms with Gasteiger partial charge in [0, 0.05) is 168 Å². The van der Waals surface area contributed by atoms with Crippen molar-refractivity contribution in [1.29, 1.82) is 0 Å². The predicted molar refractivity (Wildman–Crippen MR) is 409 cm³/mol. The van der Waals surface area contributed by atoms with Crippen molar-refractivity contribution in [3.63, 3.8) is 0 Å². The van der Waals surface area contributed by atoms with E-state index in [1.807, 2.05) is 0 Å². The number of nitrogens with one attached hydrogen (secondary N) is 8. The Morgan fingerprint density at radius 3 is 0.696 bits per heavy atom. The maximum absolute atomic E-state index is 10.6. The molecule has 3 saturated heterocycles. The van der Waals surface area contributed by atoms with Crippen LogP contribution in [0.1, 0.15) is 91.9 Å². The van der Waals surface area contributed by atoms with Crippen LogP contribution in [-0.2, 0) is 62.6 Å². The molecular weight excluding hydrogens is 1390 g/mol. The molecule has 16 atom stereocenters. The molecule has 608 valence electrons. The van der Waals surface area contributed by atoms with E-state index >= 15 is 0 Å². The minimum Gasteiger partial charge on any atom is -0.386 e. The number of quaternary nitrogens is 4. The molecule has 30 nitrogen and oxygen atoms in total. The summed E-state index contributed by atoms with van der Waals surface area (Å²) in [4.78, 5) is 0. The average Bonchev–Trinajstić information content (AvgIpc) is 0.807. The van der Waals surface area contributed by atoms with Crippen LogP contribution in [0.25, 0.3) is 0 Å². The van der Waals surface area contributed by atoms with Gasteiger partial charge in [-0.2, -0.15) is 0 Å². The highest BCUT2D eigenvalue weighted by Crippen LogP contribution is 2.35. The van der Waals surface area contributed by atoms with Gasteiger partial charge in [-0.15, -0.1) is 0 Å². The summed E-state index contributed by atoms with van der Waals surface area (Å²) in [6.07, 6.45) is 1.89. The van der Waals surface area contributed by atoms with Crippen molar-refractivity contribution >= 4 is 35.2 Å². The number of hydrogen-bond acceptors (Lipinski definition) is 26. The molecule has 0 amide bonds. The lowest BCUT2D eigenvalue weighted by Gasteiger charge is -2.42. The van der Waals surface area contributed by atoms with Gasteiger partial charge in [-0.05, 0) is 105 Å². The molecule has 3 aliphatic heterocycles. The number of aliphatic hydroxyl groups is 4. The van der Waals surface area contributed by atoms with Gasteiger partial charge in [0.2, 0.25) is 0 Å². The number of ether oxygens (including phenoxy) is 4. The van der Waals surface area contributed by atoms with Crippen molar-refractivity contribution in [2.24, 2.45) is 0 Å². The van der Waals surface area contributed by atoms with E-state index in [9.17, 15) is 20.4 Å². The molecule has 3 heterocycles. The second-order valence-corrected chi connectivity index (χ2v) is 44.7. The van der Waals surface area contributed by atoms with E-state index in [-0.39, 0.29) is 62.4 Å². The van der Waals surface area contributed by atoms with Crippen LogP contribution in [0.15, 0.2) is 0 Å². The van der Waals surface area contributed by atoms with E-state index in [0.717, 1.165) is 0 Å². The molecule has 3 rings (SSSR count). The second kappa shape index (κ2) is 49.8. The fourth-order valence-electron chi connectivity index (χ4n) is 13.4. The molecule has 0 aromatic carbocycles. The number of likely N-dealkylation sites (N-methyl/N-ethyl adjacent to an activating group) is 4. The molecule has 0 aliphatic carbocycles. The Hall–Kier alpha value is -0.332. The van der Waals surface area contributed by atoms with Crippen molar-refractivity contribution in [3.8, 4) is 0 Å². The van der Waals surface area contributed by atoms with Gasteiger partial charge in [0.05, 0.1) is 109 Å². The van der Waals surface area contributed by atoms with Crippen LogP contribution >= 0.6 is 0 Å². The van der Waals surface area contributed by atoms with Crippen LogP contribution in [-0.4, -0.2) is 404 Å². The topological polar surface area (TPSA) is 306 Å². The third-order valence-corrected chi connectivity index (χ3v) is 32.2. The Bertz CT molecular complexity index is 1860. The SMILES string of the molecule is CO[Si]1(CCCNCCNCC(O)C[N+](C)(C)C)OC(C)CC2CC(CC(C)O[Si](CCCNCCNCC(O)C[N+](C)(C)C)(OC)O[Si](CCCNCCNCC(O)C[N+](C)(C)C)(OC)OC(C)CC3CC(CC(C)O[Si](CCCNCCNCC(O)C[N+](C)(C)C)(OC)O1)OCO3)OCO2. The van der Waals surface area contributed by atoms with Crippen molar-refractivity contribution in [1.82, 2.24) is 42.5 Å². The van der Waals surface area contributed by atoms with Gasteiger partial charge >= 0.3 is 35.2 Å². The van der Waals surface area contributed by atoms with E-state index in [0.29, 0.717) is 237 Å². The first kappa shape index (κ1) is 95.9. The highest BCUT2D eigenvalue weighted by molar-refractivity contribution is 6.75. The molecule has 12 N–H and O–H groups in total.